The molecule has 0 radical (unpaired) electrons. The second kappa shape index (κ2) is 13.2. The summed E-state index contributed by atoms with van der Waals surface area (Å²) in [6, 6.07) is 3.42. The topological polar surface area (TPSA) is 91.8 Å². The van der Waals surface area contributed by atoms with E-state index in [1.165, 1.54) is 6.20 Å². The summed E-state index contributed by atoms with van der Waals surface area (Å²) >= 11 is 0. The van der Waals surface area contributed by atoms with Crippen LogP contribution in [0.2, 0.25) is 0 Å². The molecule has 3 aliphatic rings. The van der Waals surface area contributed by atoms with Gasteiger partial charge >= 0.3 is 17.9 Å². The predicted octanol–water partition coefficient (Wildman–Crippen LogP) is 6.79. The molecule has 7 nitrogen and oxygen atoms in total. The van der Waals surface area contributed by atoms with Crippen LogP contribution in [0.4, 0.5) is 0 Å². The van der Waals surface area contributed by atoms with Crippen LogP contribution < -0.4 is 0 Å². The fourth-order valence-electron chi connectivity index (χ4n) is 7.32. The number of nitrogens with zero attached hydrogens (tertiary/aromatic N) is 1. The summed E-state index contributed by atoms with van der Waals surface area (Å²) in [5, 5.41) is 0. The molecule has 4 rings (SSSR count). The Balaban J connectivity index is 1.63. The third kappa shape index (κ3) is 6.49. The van der Waals surface area contributed by atoms with Gasteiger partial charge < -0.3 is 14.2 Å². The van der Waals surface area contributed by atoms with E-state index in [4.69, 9.17) is 14.2 Å². The Morgan fingerprint density at radius 1 is 1.27 bits per heavy atom. The van der Waals surface area contributed by atoms with E-state index in [0.29, 0.717) is 24.2 Å². The van der Waals surface area contributed by atoms with Crippen molar-refractivity contribution in [2.75, 3.05) is 13.2 Å². The van der Waals surface area contributed by atoms with Gasteiger partial charge in [-0.05, 0) is 68.1 Å². The zero-order valence-corrected chi connectivity index (χ0v) is 25.0. The molecule has 1 aromatic heterocycles. The van der Waals surface area contributed by atoms with Crippen LogP contribution in [0.25, 0.3) is 0 Å². The van der Waals surface area contributed by atoms with Crippen LogP contribution in [0.1, 0.15) is 89.4 Å². The smallest absolute Gasteiger partial charge is 0.339 e. The van der Waals surface area contributed by atoms with Crippen molar-refractivity contribution in [3.63, 3.8) is 0 Å². The highest BCUT2D eigenvalue weighted by atomic mass is 16.6. The van der Waals surface area contributed by atoms with Gasteiger partial charge in [0.05, 0.1) is 17.1 Å². The molecule has 1 aliphatic heterocycles. The summed E-state index contributed by atoms with van der Waals surface area (Å²) in [4.78, 5) is 42.6. The minimum absolute atomic E-state index is 0.0218. The lowest BCUT2D eigenvalue weighted by molar-refractivity contribution is -0.176. The Kier molecular flexibility index (Phi) is 9.88. The van der Waals surface area contributed by atoms with Crippen molar-refractivity contribution in [3.05, 3.63) is 66.0 Å². The Morgan fingerprint density at radius 3 is 2.73 bits per heavy atom. The third-order valence-electron chi connectivity index (χ3n) is 9.80. The minimum Gasteiger partial charge on any atom is -0.465 e. The quantitative estimate of drug-likeness (QED) is 0.166. The number of carbonyl (C=O) groups excluding carboxylic acids is 3. The molecule has 1 unspecified atom stereocenters. The van der Waals surface area contributed by atoms with Crippen LogP contribution in [0.5, 0.6) is 0 Å². The van der Waals surface area contributed by atoms with Crippen LogP contribution >= 0.6 is 0 Å². The van der Waals surface area contributed by atoms with E-state index in [0.717, 1.165) is 50.5 Å². The van der Waals surface area contributed by atoms with Crippen molar-refractivity contribution in [3.8, 4) is 0 Å². The summed E-state index contributed by atoms with van der Waals surface area (Å²) in [5.74, 6) is -0.916. The summed E-state index contributed by atoms with van der Waals surface area (Å²) < 4.78 is 17.4. The maximum Gasteiger partial charge on any atom is 0.339 e. The molecule has 7 heteroatoms. The fraction of sp³-hybridized carbons (Fsp3) is 0.588. The van der Waals surface area contributed by atoms with Gasteiger partial charge in [-0.1, -0.05) is 64.8 Å². The van der Waals surface area contributed by atoms with E-state index >= 15 is 0 Å². The van der Waals surface area contributed by atoms with Crippen molar-refractivity contribution in [1.82, 2.24) is 4.98 Å². The number of hydrogen-bond donors (Lipinski definition) is 0. The number of cyclic esters (lactones) is 1. The molecule has 0 saturated heterocycles. The molecule has 2 fully saturated rings. The van der Waals surface area contributed by atoms with E-state index in [9.17, 15) is 14.4 Å². The highest BCUT2D eigenvalue weighted by Gasteiger charge is 2.59. The van der Waals surface area contributed by atoms with Crippen LogP contribution in [0, 0.1) is 28.6 Å². The van der Waals surface area contributed by atoms with Gasteiger partial charge in [0.25, 0.3) is 0 Å². The lowest BCUT2D eigenvalue weighted by Gasteiger charge is -2.60. The van der Waals surface area contributed by atoms with Gasteiger partial charge in [0, 0.05) is 23.7 Å². The average Bonchev–Trinajstić information content (AvgIpc) is 3.38. The van der Waals surface area contributed by atoms with Gasteiger partial charge in [0.2, 0.25) is 0 Å². The van der Waals surface area contributed by atoms with Crippen LogP contribution in [0.3, 0.4) is 0 Å². The SMILES string of the molecule is C=C1CC[C@@H]2[C@](C)(COC(=O)C(CC)CCCC)[C@H](OC(=O)c3cccnc3)CC[C@@]2(C)[C@@H]1/C=C/C1=CCOC1=O. The molecule has 2 heterocycles. The summed E-state index contributed by atoms with van der Waals surface area (Å²) in [6.07, 6.45) is 15.1. The first-order valence-electron chi connectivity index (χ1n) is 15.1. The predicted molar refractivity (Wildman–Crippen MR) is 157 cm³/mol. The normalized spacial score (nSPS) is 30.3. The van der Waals surface area contributed by atoms with Crippen molar-refractivity contribution < 1.29 is 28.6 Å². The van der Waals surface area contributed by atoms with Gasteiger partial charge in [0.1, 0.15) is 19.3 Å². The standard InChI is InChI=1S/C34H45NO6/c1-6-8-10-24(7-2)30(36)40-22-34(5)28-15-12-23(3)27(14-13-25-17-20-39-31(25)37)33(28,4)18-16-29(34)41-32(38)26-11-9-19-35-21-26/h9,11,13-14,17,19,21,24,27-29H,3,6-8,10,12,15-16,18,20,22H2,1-2,4-5H3/b14-13+/t24?,27-,28+,29-,33+,34+/m1/s1. The molecule has 0 amide bonds. The number of aromatic nitrogens is 1. The Hall–Kier alpha value is -3.22. The summed E-state index contributed by atoms with van der Waals surface area (Å²) in [6.45, 7) is 13.4. The van der Waals surface area contributed by atoms with E-state index in [1.807, 2.05) is 13.0 Å². The third-order valence-corrected chi connectivity index (χ3v) is 9.80. The van der Waals surface area contributed by atoms with Gasteiger partial charge in [-0.25, -0.2) is 9.59 Å². The molecule has 2 aliphatic carbocycles. The van der Waals surface area contributed by atoms with E-state index in [2.05, 4.69) is 38.4 Å². The number of esters is 3. The Morgan fingerprint density at radius 2 is 2.07 bits per heavy atom. The first-order valence-corrected chi connectivity index (χ1v) is 15.1. The first kappa shape index (κ1) is 30.7. The maximum absolute atomic E-state index is 13.2. The Labute approximate surface area is 244 Å². The number of pyridine rings is 1. The van der Waals surface area contributed by atoms with Crippen molar-refractivity contribution >= 4 is 17.9 Å². The molecule has 0 aromatic carbocycles. The number of rotatable bonds is 11. The number of allylic oxidation sites excluding steroid dienone is 2. The van der Waals surface area contributed by atoms with Gasteiger partial charge in [0.15, 0.2) is 0 Å². The fourth-order valence-corrected chi connectivity index (χ4v) is 7.32. The highest BCUT2D eigenvalue weighted by Crippen LogP contribution is 2.62. The van der Waals surface area contributed by atoms with Crippen molar-refractivity contribution in [1.29, 1.82) is 0 Å². The molecule has 2 saturated carbocycles. The van der Waals surface area contributed by atoms with Gasteiger partial charge in [-0.15, -0.1) is 0 Å². The van der Waals surface area contributed by atoms with Gasteiger partial charge in [-0.2, -0.15) is 0 Å². The lowest BCUT2D eigenvalue weighted by atomic mass is 9.46. The highest BCUT2D eigenvalue weighted by molar-refractivity contribution is 5.93. The monoisotopic (exact) mass is 563 g/mol. The van der Waals surface area contributed by atoms with Crippen LogP contribution in [-0.4, -0.2) is 42.2 Å². The molecule has 6 atom stereocenters. The molecule has 0 spiro atoms. The number of carbonyl (C=O) groups is 3. The second-order valence-corrected chi connectivity index (χ2v) is 12.4. The largest absolute Gasteiger partial charge is 0.465 e. The van der Waals surface area contributed by atoms with Gasteiger partial charge in [-0.3, -0.25) is 9.78 Å². The van der Waals surface area contributed by atoms with Crippen LogP contribution in [-0.2, 0) is 23.8 Å². The number of ether oxygens (including phenoxy) is 3. The summed E-state index contributed by atoms with van der Waals surface area (Å²) in [7, 11) is 0. The zero-order valence-electron chi connectivity index (χ0n) is 25.0. The molecular formula is C34H45NO6. The number of fused-ring (bicyclic) bond motifs is 1. The summed E-state index contributed by atoms with van der Waals surface area (Å²) in [5.41, 5.74) is 1.27. The molecule has 41 heavy (non-hydrogen) atoms. The van der Waals surface area contributed by atoms with E-state index < -0.39 is 17.5 Å². The molecule has 1 aromatic rings. The lowest BCUT2D eigenvalue weighted by Crippen LogP contribution is -2.58. The molecular weight excluding hydrogens is 518 g/mol. The second-order valence-electron chi connectivity index (χ2n) is 12.4. The molecule has 0 N–H and O–H groups in total. The molecule has 222 valence electrons. The Bertz CT molecular complexity index is 1190. The van der Waals surface area contributed by atoms with Crippen LogP contribution in [0.15, 0.2) is 60.5 Å². The number of unbranched alkanes of at least 4 members (excludes halogenated alkanes) is 1. The van der Waals surface area contributed by atoms with Crippen molar-refractivity contribution in [2.45, 2.75) is 85.2 Å². The maximum atomic E-state index is 13.2. The average molecular weight is 564 g/mol. The molecule has 0 bridgehead atoms. The van der Waals surface area contributed by atoms with Crippen molar-refractivity contribution in [2.24, 2.45) is 28.6 Å². The minimum atomic E-state index is -0.609. The van der Waals surface area contributed by atoms with E-state index in [1.54, 1.807) is 24.4 Å². The number of hydrogen-bond acceptors (Lipinski definition) is 7. The zero-order chi connectivity index (χ0) is 29.6. The first-order chi connectivity index (χ1) is 19.6. The van der Waals surface area contributed by atoms with E-state index in [-0.39, 0.29) is 41.7 Å².